The van der Waals surface area contributed by atoms with Crippen molar-refractivity contribution < 1.29 is 9.63 Å². The van der Waals surface area contributed by atoms with Crippen LogP contribution in [0.15, 0.2) is 53.9 Å². The summed E-state index contributed by atoms with van der Waals surface area (Å²) in [6.07, 6.45) is 6.67. The summed E-state index contributed by atoms with van der Waals surface area (Å²) in [5.41, 5.74) is 1.60. The molecule has 132 valence electrons. The van der Waals surface area contributed by atoms with Gasteiger partial charge in [0.25, 0.3) is 5.91 Å². The number of aromatic nitrogens is 1. The predicted molar refractivity (Wildman–Crippen MR) is 99.0 cm³/mol. The molecule has 1 amide bonds. The number of anilines is 1. The minimum atomic E-state index is -0.909. The first-order valence-corrected chi connectivity index (χ1v) is 9.30. The predicted octanol–water partition coefficient (Wildman–Crippen LogP) is 3.89. The summed E-state index contributed by atoms with van der Waals surface area (Å²) < 4.78 is 0. The van der Waals surface area contributed by atoms with Gasteiger partial charge < -0.3 is 10.2 Å². The lowest BCUT2D eigenvalue weighted by Gasteiger charge is -2.35. The van der Waals surface area contributed by atoms with Crippen molar-refractivity contribution in [1.29, 1.82) is 0 Å². The zero-order chi connectivity index (χ0) is 17.7. The molecule has 2 heterocycles. The zero-order valence-corrected chi connectivity index (χ0v) is 14.8. The fourth-order valence-electron chi connectivity index (χ4n) is 4.93. The molecule has 3 aliphatic rings. The molecule has 1 aromatic heterocycles. The molecule has 2 saturated carbocycles. The van der Waals surface area contributed by atoms with E-state index in [2.05, 4.69) is 15.5 Å². The number of halogens is 1. The molecule has 1 aliphatic heterocycles. The van der Waals surface area contributed by atoms with Gasteiger partial charge in [0.05, 0.1) is 11.6 Å². The molecule has 4 atom stereocenters. The van der Waals surface area contributed by atoms with Crippen LogP contribution in [0.2, 0.25) is 5.02 Å². The number of oxime groups is 1. The lowest BCUT2D eigenvalue weighted by Crippen LogP contribution is -2.53. The normalized spacial score (nSPS) is 31.3. The molecule has 0 saturated heterocycles. The van der Waals surface area contributed by atoms with E-state index in [9.17, 15) is 4.79 Å². The van der Waals surface area contributed by atoms with Gasteiger partial charge in [-0.1, -0.05) is 16.8 Å². The quantitative estimate of drug-likeness (QED) is 0.895. The Labute approximate surface area is 156 Å². The topological polar surface area (TPSA) is 63.6 Å². The third kappa shape index (κ3) is 2.20. The van der Waals surface area contributed by atoms with Crippen LogP contribution in [0.4, 0.5) is 5.69 Å². The Kier molecular flexibility index (Phi) is 3.54. The van der Waals surface area contributed by atoms with Crippen molar-refractivity contribution in [3.8, 4) is 0 Å². The van der Waals surface area contributed by atoms with E-state index in [-0.39, 0.29) is 17.7 Å². The van der Waals surface area contributed by atoms with E-state index in [4.69, 9.17) is 16.4 Å². The summed E-state index contributed by atoms with van der Waals surface area (Å²) >= 11 is 5.94. The van der Waals surface area contributed by atoms with Crippen LogP contribution in [-0.4, -0.2) is 22.2 Å². The summed E-state index contributed by atoms with van der Waals surface area (Å²) in [5, 5.41) is 8.03. The number of nitrogens with zero attached hydrogens (tertiary/aromatic N) is 2. The van der Waals surface area contributed by atoms with Gasteiger partial charge in [-0.15, -0.1) is 0 Å². The largest absolute Gasteiger partial charge is 0.378 e. The van der Waals surface area contributed by atoms with Crippen LogP contribution in [0.5, 0.6) is 0 Å². The van der Waals surface area contributed by atoms with Gasteiger partial charge in [0, 0.05) is 34.6 Å². The number of carbonyl (C=O) groups is 1. The first kappa shape index (κ1) is 15.8. The smallest absolute Gasteiger partial charge is 0.272 e. The summed E-state index contributed by atoms with van der Waals surface area (Å²) in [6, 6.07) is 11.0. The molecule has 5 rings (SSSR count). The number of pyridine rings is 1. The summed E-state index contributed by atoms with van der Waals surface area (Å²) in [5.74, 6) is 0.498. The van der Waals surface area contributed by atoms with E-state index >= 15 is 0 Å². The molecule has 5 nitrogen and oxygen atoms in total. The van der Waals surface area contributed by atoms with Crippen molar-refractivity contribution >= 4 is 28.9 Å². The SMILES string of the molecule is O=C(Nc1ccc(Cl)cc1)C12ON=C(c3cccnc3)C1C1CCC2C1. The molecule has 0 spiro atoms. The van der Waals surface area contributed by atoms with E-state index in [0.717, 1.165) is 30.5 Å². The molecule has 2 aliphatic carbocycles. The van der Waals surface area contributed by atoms with Crippen molar-refractivity contribution in [2.24, 2.45) is 22.9 Å². The highest BCUT2D eigenvalue weighted by Gasteiger charge is 2.69. The van der Waals surface area contributed by atoms with Gasteiger partial charge in [-0.25, -0.2) is 0 Å². The molecule has 0 radical (unpaired) electrons. The monoisotopic (exact) mass is 367 g/mol. The second-order valence-corrected chi connectivity index (χ2v) is 7.75. The lowest BCUT2D eigenvalue weighted by atomic mass is 9.72. The average Bonchev–Trinajstić information content (AvgIpc) is 3.36. The minimum Gasteiger partial charge on any atom is -0.378 e. The van der Waals surface area contributed by atoms with E-state index in [1.54, 1.807) is 36.7 Å². The molecule has 1 aromatic carbocycles. The van der Waals surface area contributed by atoms with Crippen LogP contribution in [-0.2, 0) is 9.63 Å². The molecule has 2 fully saturated rings. The Morgan fingerprint density at radius 3 is 2.85 bits per heavy atom. The lowest BCUT2D eigenvalue weighted by molar-refractivity contribution is -0.149. The highest BCUT2D eigenvalue weighted by Crippen LogP contribution is 2.60. The molecular formula is C20H18ClN3O2. The fourth-order valence-corrected chi connectivity index (χ4v) is 5.05. The Morgan fingerprint density at radius 2 is 2.08 bits per heavy atom. The van der Waals surface area contributed by atoms with Gasteiger partial charge in [0.2, 0.25) is 5.60 Å². The van der Waals surface area contributed by atoms with Crippen LogP contribution in [0, 0.1) is 17.8 Å². The molecule has 2 aromatic rings. The second kappa shape index (κ2) is 5.81. The maximum absolute atomic E-state index is 13.3. The fraction of sp³-hybridized carbons (Fsp3) is 0.350. The van der Waals surface area contributed by atoms with Gasteiger partial charge in [0.15, 0.2) is 0 Å². The minimum absolute atomic E-state index is 0.0160. The Bertz CT molecular complexity index is 884. The van der Waals surface area contributed by atoms with Crippen LogP contribution in [0.3, 0.4) is 0 Å². The standard InChI is InChI=1S/C20H18ClN3O2/c21-15-5-7-16(8-6-15)23-19(25)20-14-4-3-12(10-14)17(20)18(24-26-20)13-2-1-9-22-11-13/h1-2,5-9,11-12,14,17H,3-4,10H2,(H,23,25). The molecule has 26 heavy (non-hydrogen) atoms. The maximum atomic E-state index is 13.3. The number of rotatable bonds is 3. The number of nitrogens with one attached hydrogen (secondary N) is 1. The number of carbonyl (C=O) groups excluding carboxylic acids is 1. The van der Waals surface area contributed by atoms with Gasteiger partial charge in [-0.3, -0.25) is 9.78 Å². The maximum Gasteiger partial charge on any atom is 0.272 e. The number of hydrogen-bond donors (Lipinski definition) is 1. The zero-order valence-electron chi connectivity index (χ0n) is 14.1. The average molecular weight is 368 g/mol. The van der Waals surface area contributed by atoms with Crippen molar-refractivity contribution in [2.45, 2.75) is 24.9 Å². The van der Waals surface area contributed by atoms with Crippen molar-refractivity contribution in [3.05, 3.63) is 59.4 Å². The number of amides is 1. The number of hydrogen-bond acceptors (Lipinski definition) is 4. The molecule has 2 bridgehead atoms. The van der Waals surface area contributed by atoms with Crippen LogP contribution < -0.4 is 5.32 Å². The van der Waals surface area contributed by atoms with E-state index < -0.39 is 5.60 Å². The van der Waals surface area contributed by atoms with Gasteiger partial charge in [-0.2, -0.15) is 0 Å². The van der Waals surface area contributed by atoms with Crippen LogP contribution >= 0.6 is 11.6 Å². The number of fused-ring (bicyclic) bond motifs is 5. The van der Waals surface area contributed by atoms with E-state index in [0.29, 0.717) is 16.6 Å². The van der Waals surface area contributed by atoms with Gasteiger partial charge in [0.1, 0.15) is 0 Å². The molecule has 1 N–H and O–H groups in total. The molecule has 4 unspecified atom stereocenters. The Morgan fingerprint density at radius 1 is 1.23 bits per heavy atom. The summed E-state index contributed by atoms with van der Waals surface area (Å²) in [6.45, 7) is 0. The Hall–Kier alpha value is -2.40. The second-order valence-electron chi connectivity index (χ2n) is 7.31. The molecular weight excluding hydrogens is 350 g/mol. The van der Waals surface area contributed by atoms with E-state index in [1.165, 1.54) is 0 Å². The van der Waals surface area contributed by atoms with Crippen molar-refractivity contribution in [1.82, 2.24) is 4.98 Å². The first-order chi connectivity index (χ1) is 12.7. The molecule has 6 heteroatoms. The third-order valence-electron chi connectivity index (χ3n) is 6.02. The summed E-state index contributed by atoms with van der Waals surface area (Å²) in [7, 11) is 0. The highest BCUT2D eigenvalue weighted by molar-refractivity contribution is 6.30. The summed E-state index contributed by atoms with van der Waals surface area (Å²) in [4.78, 5) is 23.5. The number of benzene rings is 1. The third-order valence-corrected chi connectivity index (χ3v) is 6.27. The first-order valence-electron chi connectivity index (χ1n) is 8.92. The van der Waals surface area contributed by atoms with Gasteiger partial charge in [-0.05, 0) is 61.6 Å². The Balaban J connectivity index is 1.49. The van der Waals surface area contributed by atoms with Crippen LogP contribution in [0.25, 0.3) is 0 Å². The van der Waals surface area contributed by atoms with Crippen LogP contribution in [0.1, 0.15) is 24.8 Å². The van der Waals surface area contributed by atoms with Crippen molar-refractivity contribution in [3.63, 3.8) is 0 Å². The highest BCUT2D eigenvalue weighted by atomic mass is 35.5. The van der Waals surface area contributed by atoms with Gasteiger partial charge >= 0.3 is 0 Å². The van der Waals surface area contributed by atoms with Crippen molar-refractivity contribution in [2.75, 3.05) is 5.32 Å². The van der Waals surface area contributed by atoms with E-state index in [1.807, 2.05) is 12.1 Å².